The third kappa shape index (κ3) is 3.46. The highest BCUT2D eigenvalue weighted by Gasteiger charge is 2.12. The van der Waals surface area contributed by atoms with E-state index in [1.165, 1.54) is 7.05 Å². The van der Waals surface area contributed by atoms with E-state index in [1.807, 2.05) is 24.3 Å². The molecule has 0 aliphatic rings. The molecule has 2 amide bonds. The molecule has 0 saturated heterocycles. The lowest BCUT2D eigenvalue weighted by molar-refractivity contribution is 0.0942. The van der Waals surface area contributed by atoms with E-state index in [1.54, 1.807) is 18.2 Å². The third-order valence-corrected chi connectivity index (χ3v) is 3.89. The van der Waals surface area contributed by atoms with E-state index in [2.05, 4.69) is 31.5 Å². The monoisotopic (exact) mass is 387 g/mol. The van der Waals surface area contributed by atoms with Crippen molar-refractivity contribution in [2.24, 2.45) is 0 Å². The normalized spacial score (nSPS) is 10.6. The van der Waals surface area contributed by atoms with Gasteiger partial charge in [0.2, 0.25) is 0 Å². The summed E-state index contributed by atoms with van der Waals surface area (Å²) in [5, 5.41) is 6.16. The summed E-state index contributed by atoms with van der Waals surface area (Å²) >= 11 is 3.41. The Morgan fingerprint density at radius 3 is 2.62 bits per heavy atom. The summed E-state index contributed by atoms with van der Waals surface area (Å²) in [4.78, 5) is 27.8. The van der Waals surface area contributed by atoms with Crippen LogP contribution in [0.15, 0.2) is 51.4 Å². The van der Waals surface area contributed by atoms with Crippen LogP contribution in [0.1, 0.15) is 26.7 Å². The molecule has 3 rings (SSSR count). The zero-order chi connectivity index (χ0) is 17.1. The second-order valence-electron chi connectivity index (χ2n) is 5.06. The van der Waals surface area contributed by atoms with Gasteiger partial charge in [-0.2, -0.15) is 0 Å². The summed E-state index contributed by atoms with van der Waals surface area (Å²) in [5.74, 6) is -0.0752. The first kappa shape index (κ1) is 16.2. The minimum absolute atomic E-state index is 0.176. The highest BCUT2D eigenvalue weighted by atomic mass is 79.9. The number of aromatic nitrogens is 1. The first-order valence-electron chi connectivity index (χ1n) is 7.22. The van der Waals surface area contributed by atoms with Gasteiger partial charge in [0.25, 0.3) is 11.8 Å². The summed E-state index contributed by atoms with van der Waals surface area (Å²) in [6.07, 6.45) is 0. The predicted molar refractivity (Wildman–Crippen MR) is 92.7 cm³/mol. The number of furan rings is 1. The van der Waals surface area contributed by atoms with E-state index < -0.39 is 0 Å². The fourth-order valence-corrected chi connectivity index (χ4v) is 2.61. The van der Waals surface area contributed by atoms with E-state index in [-0.39, 0.29) is 29.7 Å². The van der Waals surface area contributed by atoms with Gasteiger partial charge in [-0.05, 0) is 36.4 Å². The molecule has 0 saturated carbocycles. The van der Waals surface area contributed by atoms with Crippen LogP contribution in [0, 0.1) is 0 Å². The number of carbonyl (C=O) groups is 2. The minimum atomic E-state index is -0.373. The van der Waals surface area contributed by atoms with Crippen LogP contribution in [0.4, 0.5) is 0 Å². The molecule has 0 aliphatic carbocycles. The van der Waals surface area contributed by atoms with Gasteiger partial charge in [-0.25, -0.2) is 4.98 Å². The standard InChI is InChI=1S/C17H14BrN3O3/c1-19-16(22)13-3-2-4-14(21-13)17(23)20-9-12-8-10-7-11(18)5-6-15(10)24-12/h2-8H,9H2,1H3,(H,19,22)(H,20,23). The topological polar surface area (TPSA) is 84.2 Å². The van der Waals surface area contributed by atoms with Gasteiger partial charge < -0.3 is 15.1 Å². The summed E-state index contributed by atoms with van der Waals surface area (Å²) < 4.78 is 6.63. The molecule has 7 heteroatoms. The molecule has 1 aromatic carbocycles. The van der Waals surface area contributed by atoms with Crippen LogP contribution in [0.5, 0.6) is 0 Å². The molecule has 2 heterocycles. The van der Waals surface area contributed by atoms with Crippen LogP contribution >= 0.6 is 15.9 Å². The smallest absolute Gasteiger partial charge is 0.270 e. The molecule has 0 radical (unpaired) electrons. The number of nitrogens with one attached hydrogen (secondary N) is 2. The van der Waals surface area contributed by atoms with E-state index >= 15 is 0 Å². The van der Waals surface area contributed by atoms with Crippen LogP contribution in [0.3, 0.4) is 0 Å². The third-order valence-electron chi connectivity index (χ3n) is 3.39. The molecule has 0 unspecified atom stereocenters. The summed E-state index contributed by atoms with van der Waals surface area (Å²) in [7, 11) is 1.51. The molecule has 122 valence electrons. The Kier molecular flexibility index (Phi) is 4.61. The Hall–Kier alpha value is -2.67. The van der Waals surface area contributed by atoms with Gasteiger partial charge in [-0.1, -0.05) is 22.0 Å². The first-order valence-corrected chi connectivity index (χ1v) is 8.01. The number of fused-ring (bicyclic) bond motifs is 1. The van der Waals surface area contributed by atoms with E-state index in [0.29, 0.717) is 5.76 Å². The van der Waals surface area contributed by atoms with E-state index in [9.17, 15) is 9.59 Å². The van der Waals surface area contributed by atoms with Crippen molar-refractivity contribution in [3.8, 4) is 0 Å². The maximum Gasteiger partial charge on any atom is 0.270 e. The lowest BCUT2D eigenvalue weighted by Crippen LogP contribution is -2.25. The number of halogens is 1. The van der Waals surface area contributed by atoms with Crippen LogP contribution < -0.4 is 10.6 Å². The molecule has 0 aliphatic heterocycles. The average molecular weight is 388 g/mol. The summed E-state index contributed by atoms with van der Waals surface area (Å²) in [6.45, 7) is 0.233. The number of rotatable bonds is 4. The maximum absolute atomic E-state index is 12.2. The van der Waals surface area contributed by atoms with Crippen molar-refractivity contribution in [2.75, 3.05) is 7.05 Å². The molecule has 0 bridgehead atoms. The number of pyridine rings is 1. The Bertz CT molecular complexity index is 920. The van der Waals surface area contributed by atoms with Gasteiger partial charge in [-0.15, -0.1) is 0 Å². The van der Waals surface area contributed by atoms with Crippen molar-refractivity contribution in [1.29, 1.82) is 0 Å². The molecular formula is C17H14BrN3O3. The quantitative estimate of drug-likeness (QED) is 0.720. The molecule has 2 N–H and O–H groups in total. The number of hydrogen-bond acceptors (Lipinski definition) is 4. The van der Waals surface area contributed by atoms with Gasteiger partial charge in [0, 0.05) is 16.9 Å². The van der Waals surface area contributed by atoms with Crippen molar-refractivity contribution in [3.05, 3.63) is 64.1 Å². The predicted octanol–water partition coefficient (Wildman–Crippen LogP) is 2.88. The Morgan fingerprint density at radius 1 is 1.12 bits per heavy atom. The van der Waals surface area contributed by atoms with E-state index in [0.717, 1.165) is 15.4 Å². The van der Waals surface area contributed by atoms with Gasteiger partial charge >= 0.3 is 0 Å². The van der Waals surface area contributed by atoms with Crippen molar-refractivity contribution >= 4 is 38.7 Å². The molecule has 0 atom stereocenters. The zero-order valence-electron chi connectivity index (χ0n) is 12.8. The number of nitrogens with zero attached hydrogens (tertiary/aromatic N) is 1. The highest BCUT2D eigenvalue weighted by molar-refractivity contribution is 9.10. The van der Waals surface area contributed by atoms with Crippen molar-refractivity contribution < 1.29 is 14.0 Å². The fraction of sp³-hybridized carbons (Fsp3) is 0.118. The molecular weight excluding hydrogens is 374 g/mol. The van der Waals surface area contributed by atoms with Crippen molar-refractivity contribution in [2.45, 2.75) is 6.54 Å². The van der Waals surface area contributed by atoms with Crippen molar-refractivity contribution in [3.63, 3.8) is 0 Å². The Labute approximate surface area is 146 Å². The molecule has 3 aromatic rings. The number of benzene rings is 1. The van der Waals surface area contributed by atoms with Gasteiger partial charge in [0.1, 0.15) is 22.7 Å². The molecule has 2 aromatic heterocycles. The van der Waals surface area contributed by atoms with Crippen LogP contribution in [0.2, 0.25) is 0 Å². The number of amides is 2. The average Bonchev–Trinajstić information content (AvgIpc) is 3.01. The number of hydrogen-bond donors (Lipinski definition) is 2. The largest absolute Gasteiger partial charge is 0.459 e. The lowest BCUT2D eigenvalue weighted by Gasteiger charge is -2.04. The Morgan fingerprint density at radius 2 is 1.88 bits per heavy atom. The van der Waals surface area contributed by atoms with Gasteiger partial charge in [0.05, 0.1) is 6.54 Å². The van der Waals surface area contributed by atoms with Gasteiger partial charge in [-0.3, -0.25) is 9.59 Å². The first-order chi connectivity index (χ1) is 11.6. The molecule has 0 fully saturated rings. The van der Waals surface area contributed by atoms with Crippen LogP contribution in [0.25, 0.3) is 11.0 Å². The lowest BCUT2D eigenvalue weighted by atomic mass is 10.2. The van der Waals surface area contributed by atoms with Crippen molar-refractivity contribution in [1.82, 2.24) is 15.6 Å². The molecule has 24 heavy (non-hydrogen) atoms. The number of carbonyl (C=O) groups excluding carboxylic acids is 2. The SMILES string of the molecule is CNC(=O)c1cccc(C(=O)NCc2cc3cc(Br)ccc3o2)n1. The summed E-state index contributed by atoms with van der Waals surface area (Å²) in [6, 6.07) is 12.3. The second kappa shape index (κ2) is 6.84. The second-order valence-corrected chi connectivity index (χ2v) is 5.98. The zero-order valence-corrected chi connectivity index (χ0v) is 14.4. The maximum atomic E-state index is 12.2. The minimum Gasteiger partial charge on any atom is -0.459 e. The highest BCUT2D eigenvalue weighted by Crippen LogP contribution is 2.23. The van der Waals surface area contributed by atoms with Gasteiger partial charge in [0.15, 0.2) is 0 Å². The van der Waals surface area contributed by atoms with Crippen LogP contribution in [-0.2, 0) is 6.54 Å². The van der Waals surface area contributed by atoms with Crippen LogP contribution in [-0.4, -0.2) is 23.8 Å². The summed E-state index contributed by atoms with van der Waals surface area (Å²) in [5.41, 5.74) is 1.12. The fourth-order valence-electron chi connectivity index (χ4n) is 2.23. The van der Waals surface area contributed by atoms with E-state index in [4.69, 9.17) is 4.42 Å². The Balaban J connectivity index is 1.71. The molecule has 6 nitrogen and oxygen atoms in total. The molecule has 0 spiro atoms.